The molecule has 0 N–H and O–H groups in total. The molecular formula is C24H25ClN4O4. The van der Waals surface area contributed by atoms with Gasteiger partial charge in [-0.3, -0.25) is 9.59 Å². The van der Waals surface area contributed by atoms with E-state index in [-0.39, 0.29) is 24.3 Å². The average Bonchev–Trinajstić information content (AvgIpc) is 3.40. The minimum Gasteiger partial charge on any atom is -0.495 e. The molecule has 0 saturated carbocycles. The van der Waals surface area contributed by atoms with E-state index in [9.17, 15) is 9.59 Å². The Bertz CT molecular complexity index is 1200. The minimum absolute atomic E-state index is 0.0281. The van der Waals surface area contributed by atoms with Crippen molar-refractivity contribution in [2.24, 2.45) is 0 Å². The number of para-hydroxylation sites is 2. The topological polar surface area (TPSA) is 76.9 Å². The van der Waals surface area contributed by atoms with Crippen LogP contribution in [0.25, 0.3) is 11.0 Å². The van der Waals surface area contributed by atoms with Crippen LogP contribution in [0.5, 0.6) is 5.75 Å². The van der Waals surface area contributed by atoms with Crippen molar-refractivity contribution in [2.75, 3.05) is 44.9 Å². The summed E-state index contributed by atoms with van der Waals surface area (Å²) in [7, 11) is 1.57. The highest BCUT2D eigenvalue weighted by atomic mass is 35.5. The standard InChI is InChI=1S/C24H25ClN4O4/c1-32-21-7-6-17(25)13-20(21)28-14-16(12-22(28)30)24-26-18-4-2-3-5-19(18)29(24)15-23(31)27-8-10-33-11-9-27/h2-7,13,16H,8-12,14-15H2,1H3/t16-/m1/s1. The Morgan fingerprint density at radius 3 is 2.79 bits per heavy atom. The fourth-order valence-electron chi connectivity index (χ4n) is 4.61. The molecule has 3 aromatic rings. The lowest BCUT2D eigenvalue weighted by Gasteiger charge is -2.27. The van der Waals surface area contributed by atoms with Crippen LogP contribution in [0, 0.1) is 0 Å². The molecule has 2 fully saturated rings. The molecule has 2 amide bonds. The molecule has 33 heavy (non-hydrogen) atoms. The second-order valence-corrected chi connectivity index (χ2v) is 8.70. The summed E-state index contributed by atoms with van der Waals surface area (Å²) in [6.45, 7) is 2.90. The van der Waals surface area contributed by atoms with E-state index in [1.54, 1.807) is 30.2 Å². The molecular weight excluding hydrogens is 444 g/mol. The Labute approximate surface area is 196 Å². The number of hydrogen-bond donors (Lipinski definition) is 0. The lowest BCUT2D eigenvalue weighted by Crippen LogP contribution is -2.42. The van der Waals surface area contributed by atoms with Gasteiger partial charge in [0, 0.05) is 37.0 Å². The molecule has 1 aromatic heterocycles. The van der Waals surface area contributed by atoms with E-state index in [1.807, 2.05) is 33.7 Å². The highest BCUT2D eigenvalue weighted by Gasteiger charge is 2.36. The van der Waals surface area contributed by atoms with Gasteiger partial charge in [0.1, 0.15) is 18.1 Å². The van der Waals surface area contributed by atoms with Crippen molar-refractivity contribution in [3.8, 4) is 5.75 Å². The van der Waals surface area contributed by atoms with Gasteiger partial charge < -0.3 is 23.8 Å². The van der Waals surface area contributed by atoms with Gasteiger partial charge in [-0.15, -0.1) is 0 Å². The average molecular weight is 469 g/mol. The van der Waals surface area contributed by atoms with Crippen LogP contribution in [0.4, 0.5) is 5.69 Å². The van der Waals surface area contributed by atoms with Crippen LogP contribution in [-0.4, -0.2) is 66.2 Å². The molecule has 2 aliphatic rings. The molecule has 0 aliphatic carbocycles. The van der Waals surface area contributed by atoms with E-state index in [2.05, 4.69) is 0 Å². The Hall–Kier alpha value is -3.10. The molecule has 5 rings (SSSR count). The van der Waals surface area contributed by atoms with Crippen LogP contribution < -0.4 is 9.64 Å². The molecule has 8 nitrogen and oxygen atoms in total. The molecule has 2 aromatic carbocycles. The van der Waals surface area contributed by atoms with Crippen molar-refractivity contribution >= 4 is 40.1 Å². The maximum atomic E-state index is 13.1. The number of hydrogen-bond acceptors (Lipinski definition) is 5. The molecule has 3 heterocycles. The summed E-state index contributed by atoms with van der Waals surface area (Å²) in [5, 5.41) is 0.533. The summed E-state index contributed by atoms with van der Waals surface area (Å²) in [5.74, 6) is 1.17. The van der Waals surface area contributed by atoms with Crippen molar-refractivity contribution in [3.05, 3.63) is 53.3 Å². The third-order valence-corrected chi connectivity index (χ3v) is 6.50. The number of methoxy groups -OCH3 is 1. The van der Waals surface area contributed by atoms with Crippen molar-refractivity contribution in [2.45, 2.75) is 18.9 Å². The molecule has 172 valence electrons. The fourth-order valence-corrected chi connectivity index (χ4v) is 4.77. The van der Waals surface area contributed by atoms with Gasteiger partial charge in [-0.25, -0.2) is 4.98 Å². The van der Waals surface area contributed by atoms with E-state index in [1.165, 1.54) is 0 Å². The molecule has 0 spiro atoms. The van der Waals surface area contributed by atoms with Crippen LogP contribution in [0.1, 0.15) is 18.2 Å². The number of rotatable bonds is 5. The number of ether oxygens (including phenoxy) is 2. The SMILES string of the molecule is COc1ccc(Cl)cc1N1C[C@H](c2nc3ccccc3n2CC(=O)N2CCOCC2)CC1=O. The van der Waals surface area contributed by atoms with Crippen molar-refractivity contribution in [3.63, 3.8) is 0 Å². The second-order valence-electron chi connectivity index (χ2n) is 8.26. The molecule has 2 aliphatic heterocycles. The number of benzene rings is 2. The van der Waals surface area contributed by atoms with Crippen LogP contribution in [0.3, 0.4) is 0 Å². The maximum Gasteiger partial charge on any atom is 0.242 e. The van der Waals surface area contributed by atoms with E-state index in [0.29, 0.717) is 55.7 Å². The smallest absolute Gasteiger partial charge is 0.242 e. The van der Waals surface area contributed by atoms with E-state index in [0.717, 1.165) is 16.9 Å². The Morgan fingerprint density at radius 1 is 1.21 bits per heavy atom. The predicted molar refractivity (Wildman–Crippen MR) is 125 cm³/mol. The van der Waals surface area contributed by atoms with Crippen molar-refractivity contribution in [1.29, 1.82) is 0 Å². The van der Waals surface area contributed by atoms with Crippen LogP contribution >= 0.6 is 11.6 Å². The van der Waals surface area contributed by atoms with E-state index in [4.69, 9.17) is 26.1 Å². The molecule has 0 radical (unpaired) electrons. The first-order valence-electron chi connectivity index (χ1n) is 11.0. The normalized spacial score (nSPS) is 18.8. The van der Waals surface area contributed by atoms with Gasteiger partial charge in [0.25, 0.3) is 0 Å². The van der Waals surface area contributed by atoms with Crippen LogP contribution in [-0.2, 0) is 20.9 Å². The molecule has 0 bridgehead atoms. The highest BCUT2D eigenvalue weighted by Crippen LogP contribution is 2.38. The van der Waals surface area contributed by atoms with Gasteiger partial charge in [-0.2, -0.15) is 0 Å². The number of imidazole rings is 1. The first kappa shape index (κ1) is 21.7. The molecule has 9 heteroatoms. The number of anilines is 1. The Kier molecular flexibility index (Phi) is 5.95. The zero-order valence-corrected chi connectivity index (χ0v) is 19.1. The molecule has 2 saturated heterocycles. The monoisotopic (exact) mass is 468 g/mol. The molecule has 1 atom stereocenters. The van der Waals surface area contributed by atoms with Gasteiger partial charge in [0.05, 0.1) is 37.0 Å². The van der Waals surface area contributed by atoms with E-state index < -0.39 is 0 Å². The third kappa shape index (κ3) is 4.16. The quantitative estimate of drug-likeness (QED) is 0.575. The summed E-state index contributed by atoms with van der Waals surface area (Å²) < 4.78 is 12.8. The fraction of sp³-hybridized carbons (Fsp3) is 0.375. The van der Waals surface area contributed by atoms with Gasteiger partial charge in [-0.05, 0) is 30.3 Å². The lowest BCUT2D eigenvalue weighted by atomic mass is 10.1. The van der Waals surface area contributed by atoms with Gasteiger partial charge in [-0.1, -0.05) is 23.7 Å². The number of aromatic nitrogens is 2. The van der Waals surface area contributed by atoms with E-state index >= 15 is 0 Å². The van der Waals surface area contributed by atoms with Gasteiger partial charge in [0.2, 0.25) is 11.8 Å². The zero-order valence-electron chi connectivity index (χ0n) is 18.4. The maximum absolute atomic E-state index is 13.1. The Balaban J connectivity index is 1.47. The van der Waals surface area contributed by atoms with Crippen LogP contribution in [0.2, 0.25) is 5.02 Å². The van der Waals surface area contributed by atoms with Crippen molar-refractivity contribution in [1.82, 2.24) is 14.5 Å². The minimum atomic E-state index is -0.161. The summed E-state index contributed by atoms with van der Waals surface area (Å²) >= 11 is 6.20. The summed E-state index contributed by atoms with van der Waals surface area (Å²) in [5.41, 5.74) is 2.35. The highest BCUT2D eigenvalue weighted by molar-refractivity contribution is 6.31. The number of fused-ring (bicyclic) bond motifs is 1. The van der Waals surface area contributed by atoms with Gasteiger partial charge >= 0.3 is 0 Å². The third-order valence-electron chi connectivity index (χ3n) is 6.26. The summed E-state index contributed by atoms with van der Waals surface area (Å²) in [6, 6.07) is 13.0. The van der Waals surface area contributed by atoms with Gasteiger partial charge in [0.15, 0.2) is 0 Å². The number of carbonyl (C=O) groups is 2. The lowest BCUT2D eigenvalue weighted by molar-refractivity contribution is -0.135. The first-order valence-corrected chi connectivity index (χ1v) is 11.4. The predicted octanol–water partition coefficient (Wildman–Crippen LogP) is 3.08. The first-order chi connectivity index (χ1) is 16.0. The number of morpholine rings is 1. The van der Waals surface area contributed by atoms with Crippen molar-refractivity contribution < 1.29 is 19.1 Å². The Morgan fingerprint density at radius 2 is 2.00 bits per heavy atom. The summed E-state index contributed by atoms with van der Waals surface area (Å²) in [6.07, 6.45) is 0.296. The number of nitrogens with zero attached hydrogens (tertiary/aromatic N) is 4. The number of carbonyl (C=O) groups excluding carboxylic acids is 2. The zero-order chi connectivity index (χ0) is 22.9. The number of amides is 2. The number of halogens is 1. The molecule has 0 unspecified atom stereocenters. The second kappa shape index (κ2) is 9.03. The van der Waals surface area contributed by atoms with Crippen LogP contribution in [0.15, 0.2) is 42.5 Å². The summed E-state index contributed by atoms with van der Waals surface area (Å²) in [4.78, 5) is 34.5. The largest absolute Gasteiger partial charge is 0.495 e.